The smallest absolute Gasteiger partial charge is 0.137 e. The lowest BCUT2D eigenvalue weighted by Gasteiger charge is -2.09. The van der Waals surface area contributed by atoms with Crippen LogP contribution in [0, 0.1) is 0 Å². The zero-order chi connectivity index (χ0) is 15.1. The third-order valence-electron chi connectivity index (χ3n) is 3.86. The number of rotatable bonds is 2. The molecule has 0 bridgehead atoms. The molecule has 2 heterocycles. The first-order valence-electron chi connectivity index (χ1n) is 7.03. The molecule has 0 saturated carbocycles. The van der Waals surface area contributed by atoms with Gasteiger partial charge >= 0.3 is 0 Å². The van der Waals surface area contributed by atoms with Crippen LogP contribution in [0.4, 0.5) is 0 Å². The maximum atomic E-state index is 9.63. The third kappa shape index (κ3) is 2.03. The molecule has 4 rings (SSSR count). The van der Waals surface area contributed by atoms with Crippen LogP contribution >= 0.6 is 15.9 Å². The van der Waals surface area contributed by atoms with Crippen LogP contribution < -0.4 is 0 Å². The first kappa shape index (κ1) is 13.5. The number of para-hydroxylation sites is 1. The molecular weight excluding hydrogens is 340 g/mol. The number of halogens is 1. The highest BCUT2D eigenvalue weighted by Gasteiger charge is 2.12. The molecule has 2 aromatic carbocycles. The molecule has 0 radical (unpaired) electrons. The molecule has 108 valence electrons. The SMILES string of the molecule is OCc1ccccc1-c1cccc2nc3ccc(Br)cn3c12. The summed E-state index contributed by atoms with van der Waals surface area (Å²) in [5.74, 6) is 0. The van der Waals surface area contributed by atoms with Crippen molar-refractivity contribution in [2.75, 3.05) is 0 Å². The fourth-order valence-corrected chi connectivity index (χ4v) is 3.21. The second-order valence-corrected chi connectivity index (χ2v) is 6.09. The summed E-state index contributed by atoms with van der Waals surface area (Å²) in [4.78, 5) is 4.68. The molecule has 0 aliphatic carbocycles. The summed E-state index contributed by atoms with van der Waals surface area (Å²) in [6.45, 7) is 0.0208. The Kier molecular flexibility index (Phi) is 3.21. The van der Waals surface area contributed by atoms with Crippen molar-refractivity contribution in [2.24, 2.45) is 0 Å². The van der Waals surface area contributed by atoms with Gasteiger partial charge in [0.1, 0.15) is 5.65 Å². The average Bonchev–Trinajstić information content (AvgIpc) is 2.92. The Morgan fingerprint density at radius 1 is 0.955 bits per heavy atom. The van der Waals surface area contributed by atoms with Gasteiger partial charge in [0.2, 0.25) is 0 Å². The monoisotopic (exact) mass is 352 g/mol. The molecule has 0 amide bonds. The standard InChI is InChI=1S/C18H13BrN2O/c19-13-8-9-17-20-16-7-3-6-15(18(16)21(17)10-13)14-5-2-1-4-12(14)11-22/h1-10,22H,11H2. The molecule has 0 atom stereocenters. The van der Waals surface area contributed by atoms with E-state index in [-0.39, 0.29) is 6.61 Å². The molecule has 22 heavy (non-hydrogen) atoms. The van der Waals surface area contributed by atoms with Crippen LogP contribution in [0.5, 0.6) is 0 Å². The van der Waals surface area contributed by atoms with Gasteiger partial charge in [-0.1, -0.05) is 36.4 Å². The Balaban J connectivity index is 2.14. The number of fused-ring (bicyclic) bond motifs is 3. The summed E-state index contributed by atoms with van der Waals surface area (Å²) < 4.78 is 3.09. The molecule has 4 heteroatoms. The quantitative estimate of drug-likeness (QED) is 0.580. The summed E-state index contributed by atoms with van der Waals surface area (Å²) in [7, 11) is 0. The molecular formula is C18H13BrN2O. The Morgan fingerprint density at radius 3 is 2.64 bits per heavy atom. The Labute approximate surface area is 136 Å². The van der Waals surface area contributed by atoms with Crippen LogP contribution in [0.2, 0.25) is 0 Å². The van der Waals surface area contributed by atoms with Gasteiger partial charge in [-0.2, -0.15) is 0 Å². The van der Waals surface area contributed by atoms with Crippen LogP contribution in [0.3, 0.4) is 0 Å². The molecule has 4 aromatic rings. The zero-order valence-corrected chi connectivity index (χ0v) is 13.3. The van der Waals surface area contributed by atoms with E-state index in [1.165, 1.54) is 0 Å². The lowest BCUT2D eigenvalue weighted by atomic mass is 9.99. The largest absolute Gasteiger partial charge is 0.392 e. The van der Waals surface area contributed by atoms with E-state index >= 15 is 0 Å². The highest BCUT2D eigenvalue weighted by Crippen LogP contribution is 2.32. The van der Waals surface area contributed by atoms with Gasteiger partial charge in [0.05, 0.1) is 17.6 Å². The minimum absolute atomic E-state index is 0.0208. The van der Waals surface area contributed by atoms with Crippen molar-refractivity contribution >= 4 is 32.6 Å². The van der Waals surface area contributed by atoms with E-state index in [0.717, 1.165) is 37.8 Å². The van der Waals surface area contributed by atoms with Crippen LogP contribution in [0.25, 0.3) is 27.8 Å². The Hall–Kier alpha value is -2.17. The van der Waals surface area contributed by atoms with E-state index in [4.69, 9.17) is 0 Å². The van der Waals surface area contributed by atoms with E-state index in [9.17, 15) is 5.11 Å². The van der Waals surface area contributed by atoms with Gasteiger partial charge in [0.25, 0.3) is 0 Å². The molecule has 0 aliphatic rings. The van der Waals surface area contributed by atoms with Crippen molar-refractivity contribution in [3.05, 3.63) is 70.8 Å². The molecule has 3 nitrogen and oxygen atoms in total. The molecule has 0 spiro atoms. The van der Waals surface area contributed by atoms with E-state index in [1.54, 1.807) is 0 Å². The van der Waals surface area contributed by atoms with Gasteiger partial charge in [-0.15, -0.1) is 0 Å². The van der Waals surface area contributed by atoms with Crippen molar-refractivity contribution in [1.82, 2.24) is 9.38 Å². The maximum absolute atomic E-state index is 9.63. The fraction of sp³-hybridized carbons (Fsp3) is 0.0556. The predicted octanol–water partition coefficient (Wildman–Crippen LogP) is 4.41. The topological polar surface area (TPSA) is 37.5 Å². The number of hydrogen-bond acceptors (Lipinski definition) is 2. The summed E-state index contributed by atoms with van der Waals surface area (Å²) in [6.07, 6.45) is 2.02. The van der Waals surface area contributed by atoms with Crippen molar-refractivity contribution in [3.63, 3.8) is 0 Å². The van der Waals surface area contributed by atoms with Crippen LogP contribution in [0.1, 0.15) is 5.56 Å². The number of hydrogen-bond donors (Lipinski definition) is 1. The minimum Gasteiger partial charge on any atom is -0.392 e. The van der Waals surface area contributed by atoms with Gasteiger partial charge in [0, 0.05) is 16.2 Å². The molecule has 0 fully saturated rings. The Morgan fingerprint density at radius 2 is 1.77 bits per heavy atom. The van der Waals surface area contributed by atoms with Crippen LogP contribution in [-0.2, 0) is 6.61 Å². The summed E-state index contributed by atoms with van der Waals surface area (Å²) in [6, 6.07) is 18.0. The summed E-state index contributed by atoms with van der Waals surface area (Å²) in [5.41, 5.74) is 5.94. The molecule has 2 aromatic heterocycles. The number of aromatic nitrogens is 2. The van der Waals surface area contributed by atoms with Crippen LogP contribution in [0.15, 0.2) is 65.3 Å². The third-order valence-corrected chi connectivity index (χ3v) is 4.33. The van der Waals surface area contributed by atoms with Crippen molar-refractivity contribution in [1.29, 1.82) is 0 Å². The van der Waals surface area contributed by atoms with Crippen molar-refractivity contribution in [2.45, 2.75) is 6.61 Å². The molecule has 0 unspecified atom stereocenters. The lowest BCUT2D eigenvalue weighted by Crippen LogP contribution is -1.92. The molecule has 1 N–H and O–H groups in total. The predicted molar refractivity (Wildman–Crippen MR) is 91.8 cm³/mol. The number of benzene rings is 2. The van der Waals surface area contributed by atoms with Gasteiger partial charge in [-0.25, -0.2) is 4.98 Å². The van der Waals surface area contributed by atoms with Crippen molar-refractivity contribution in [3.8, 4) is 11.1 Å². The highest BCUT2D eigenvalue weighted by atomic mass is 79.9. The van der Waals surface area contributed by atoms with E-state index < -0.39 is 0 Å². The van der Waals surface area contributed by atoms with Gasteiger partial charge in [-0.05, 0) is 45.3 Å². The first-order valence-corrected chi connectivity index (χ1v) is 7.83. The minimum atomic E-state index is 0.0208. The maximum Gasteiger partial charge on any atom is 0.137 e. The lowest BCUT2D eigenvalue weighted by molar-refractivity contribution is 0.282. The normalized spacial score (nSPS) is 11.4. The number of imidazole rings is 1. The Bertz CT molecular complexity index is 991. The first-order chi connectivity index (χ1) is 10.8. The summed E-state index contributed by atoms with van der Waals surface area (Å²) >= 11 is 3.52. The second-order valence-electron chi connectivity index (χ2n) is 5.18. The zero-order valence-electron chi connectivity index (χ0n) is 11.7. The van der Waals surface area contributed by atoms with Gasteiger partial charge in [0.15, 0.2) is 0 Å². The molecule has 0 aliphatic heterocycles. The highest BCUT2D eigenvalue weighted by molar-refractivity contribution is 9.10. The summed E-state index contributed by atoms with van der Waals surface area (Å²) in [5, 5.41) is 9.63. The fourth-order valence-electron chi connectivity index (χ4n) is 2.87. The average molecular weight is 353 g/mol. The van der Waals surface area contributed by atoms with E-state index in [1.807, 2.05) is 54.7 Å². The van der Waals surface area contributed by atoms with Crippen molar-refractivity contribution < 1.29 is 5.11 Å². The number of aliphatic hydroxyl groups excluding tert-OH is 1. The van der Waals surface area contributed by atoms with Gasteiger partial charge < -0.3 is 5.11 Å². The van der Waals surface area contributed by atoms with Gasteiger partial charge in [-0.3, -0.25) is 4.40 Å². The molecule has 0 saturated heterocycles. The van der Waals surface area contributed by atoms with Crippen LogP contribution in [-0.4, -0.2) is 14.5 Å². The second kappa shape index (κ2) is 5.23. The number of aliphatic hydroxyl groups is 1. The number of nitrogens with zero attached hydrogens (tertiary/aromatic N) is 2. The van der Waals surface area contributed by atoms with E-state index in [0.29, 0.717) is 0 Å². The number of pyridine rings is 1. The van der Waals surface area contributed by atoms with E-state index in [2.05, 4.69) is 31.4 Å².